The number of amides is 2. The Labute approximate surface area is 495 Å². The van der Waals surface area contributed by atoms with Crippen LogP contribution in [0.4, 0.5) is 0 Å². The molecule has 80 heavy (non-hydrogen) atoms. The van der Waals surface area contributed by atoms with E-state index in [-0.39, 0.29) is 36.6 Å². The van der Waals surface area contributed by atoms with Gasteiger partial charge in [0.2, 0.25) is 11.8 Å². The molecule has 0 radical (unpaired) electrons. The number of rotatable bonds is 60. The van der Waals surface area contributed by atoms with Crippen molar-refractivity contribution in [1.82, 2.24) is 15.1 Å². The van der Waals surface area contributed by atoms with E-state index in [0.29, 0.717) is 58.4 Å². The Morgan fingerprint density at radius 2 is 0.713 bits per heavy atom. The van der Waals surface area contributed by atoms with Gasteiger partial charge in [-0.2, -0.15) is 0 Å². The van der Waals surface area contributed by atoms with E-state index in [0.717, 1.165) is 96.4 Å². The smallest absolute Gasteiger partial charge is 0.305 e. The summed E-state index contributed by atoms with van der Waals surface area (Å²) in [6.07, 6.45) is 70.4. The highest BCUT2D eigenvalue weighted by atomic mass is 16.5. The van der Waals surface area contributed by atoms with Crippen LogP contribution in [0.15, 0.2) is 60.8 Å². The Morgan fingerprint density at radius 1 is 0.388 bits per heavy atom. The number of allylic oxidation sites excluding steroid dienone is 10. The van der Waals surface area contributed by atoms with Gasteiger partial charge in [-0.25, -0.2) is 0 Å². The lowest BCUT2D eigenvalue weighted by atomic mass is 9.83. The molecule has 9 heteroatoms. The van der Waals surface area contributed by atoms with Gasteiger partial charge >= 0.3 is 11.9 Å². The molecule has 0 aliphatic carbocycles. The quantitative estimate of drug-likeness (QED) is 0.0367. The number of carbonyl (C=O) groups excluding carboxylic acids is 4. The van der Waals surface area contributed by atoms with Crippen LogP contribution in [0.25, 0.3) is 0 Å². The third-order valence-corrected chi connectivity index (χ3v) is 15.4. The highest BCUT2D eigenvalue weighted by Gasteiger charge is 2.44. The van der Waals surface area contributed by atoms with Gasteiger partial charge in [-0.05, 0) is 162 Å². The summed E-state index contributed by atoms with van der Waals surface area (Å²) in [5.74, 6) is -0.882. The topological polar surface area (TPSA) is 105 Å². The van der Waals surface area contributed by atoms with E-state index < -0.39 is 5.54 Å². The van der Waals surface area contributed by atoms with Crippen LogP contribution < -0.4 is 5.32 Å². The molecule has 0 unspecified atom stereocenters. The Bertz CT molecular complexity index is 1500. The molecule has 0 spiro atoms. The van der Waals surface area contributed by atoms with Crippen molar-refractivity contribution in [3.8, 4) is 0 Å². The minimum absolute atomic E-state index is 0.170. The van der Waals surface area contributed by atoms with Crippen molar-refractivity contribution >= 4 is 23.8 Å². The fourth-order valence-electron chi connectivity index (χ4n) is 10.4. The van der Waals surface area contributed by atoms with Crippen molar-refractivity contribution in [2.75, 3.05) is 46.9 Å². The standard InChI is InChI=1S/C71H129N3O6/c1-7-10-13-16-19-22-25-28-31-34-37-40-43-46-49-52-62-72-70(78)71(74(67(4)75)64-57-63-73(5)6,60-55-58-68(76)79-65-53-50-47-44-41-38-35-32-29-26-23-20-17-14-11-8-2)61-56-59-69(77)80-66-54-51-48-45-42-39-36-33-30-27-24-21-18-15-12-9-3/h20-21,23-24,28-33H,7-19,22,25-27,34-66H2,1-6H3,(H,72,78)/b23-20-,24-21-,31-28-,32-29-,33-30-. The molecule has 0 saturated heterocycles. The number of nitrogens with zero attached hydrogens (tertiary/aromatic N) is 2. The SMILES string of the molecule is CCCCC/C=C\C/C=C\CCCCCCCCOC(=O)CCCC(CCCC(=O)OCCCCCCCC/C=C\C/C=C\CCCCC)(C(=O)NCCCCCCCC/C=C\CCCCCCCC)N(CCCN(C)C)C(C)=O. The maximum atomic E-state index is 14.7. The lowest BCUT2D eigenvalue weighted by Gasteiger charge is -2.43. The molecule has 464 valence electrons. The summed E-state index contributed by atoms with van der Waals surface area (Å²) in [6.45, 7) is 10.8. The second-order valence-electron chi connectivity index (χ2n) is 23.4. The molecule has 0 aromatic heterocycles. The zero-order valence-corrected chi connectivity index (χ0v) is 53.5. The normalized spacial score (nSPS) is 12.2. The van der Waals surface area contributed by atoms with E-state index in [4.69, 9.17) is 9.47 Å². The summed E-state index contributed by atoms with van der Waals surface area (Å²) >= 11 is 0. The summed E-state index contributed by atoms with van der Waals surface area (Å²) < 4.78 is 11.4. The predicted molar refractivity (Wildman–Crippen MR) is 344 cm³/mol. The monoisotopic (exact) mass is 1120 g/mol. The van der Waals surface area contributed by atoms with Crippen LogP contribution in [0.3, 0.4) is 0 Å². The second-order valence-corrected chi connectivity index (χ2v) is 23.4. The first kappa shape index (κ1) is 76.5. The molecule has 0 heterocycles. The van der Waals surface area contributed by atoms with Gasteiger partial charge in [0.1, 0.15) is 5.54 Å². The van der Waals surface area contributed by atoms with E-state index in [2.05, 4.69) is 91.7 Å². The number of esters is 2. The van der Waals surface area contributed by atoms with Gasteiger partial charge in [0.05, 0.1) is 13.2 Å². The van der Waals surface area contributed by atoms with Crippen molar-refractivity contribution < 1.29 is 28.7 Å². The highest BCUT2D eigenvalue weighted by molar-refractivity contribution is 5.91. The molecule has 2 amide bonds. The van der Waals surface area contributed by atoms with Gasteiger partial charge in [-0.1, -0.05) is 216 Å². The fourth-order valence-corrected chi connectivity index (χ4v) is 10.4. The predicted octanol–water partition coefficient (Wildman–Crippen LogP) is 19.7. The molecule has 0 aliphatic heterocycles. The minimum Gasteiger partial charge on any atom is -0.466 e. The largest absolute Gasteiger partial charge is 0.466 e. The van der Waals surface area contributed by atoms with E-state index in [1.807, 2.05) is 14.1 Å². The lowest BCUT2D eigenvalue weighted by Crippen LogP contribution is -2.61. The summed E-state index contributed by atoms with van der Waals surface area (Å²) in [4.78, 5) is 58.6. The third-order valence-electron chi connectivity index (χ3n) is 15.4. The Hall–Kier alpha value is -3.46. The van der Waals surface area contributed by atoms with Gasteiger partial charge in [0.15, 0.2) is 0 Å². The second kappa shape index (κ2) is 60.1. The van der Waals surface area contributed by atoms with Crippen molar-refractivity contribution in [2.45, 2.75) is 322 Å². The average Bonchev–Trinajstić information content (AvgIpc) is 3.48. The van der Waals surface area contributed by atoms with E-state index in [9.17, 15) is 19.2 Å². The van der Waals surface area contributed by atoms with Crippen LogP contribution in [0.1, 0.15) is 317 Å². The van der Waals surface area contributed by atoms with Gasteiger partial charge in [-0.15, -0.1) is 0 Å². The highest BCUT2D eigenvalue weighted by Crippen LogP contribution is 2.31. The molecule has 0 aromatic rings. The number of unbranched alkanes of at least 4 members (excludes halogenated alkanes) is 30. The molecular weight excluding hydrogens is 991 g/mol. The molecule has 0 aromatic carbocycles. The number of nitrogens with one attached hydrogen (secondary N) is 1. The molecule has 0 aliphatic rings. The van der Waals surface area contributed by atoms with Crippen LogP contribution in [0.2, 0.25) is 0 Å². The molecule has 0 fully saturated rings. The minimum atomic E-state index is -1.21. The number of hydrogen-bond donors (Lipinski definition) is 1. The van der Waals surface area contributed by atoms with Gasteiger partial charge in [0, 0.05) is 32.9 Å². The number of carbonyl (C=O) groups is 4. The Morgan fingerprint density at radius 3 is 1.09 bits per heavy atom. The summed E-state index contributed by atoms with van der Waals surface area (Å²) in [6, 6.07) is 0. The third kappa shape index (κ3) is 50.3. The van der Waals surface area contributed by atoms with Gasteiger partial charge in [0.25, 0.3) is 0 Å². The zero-order chi connectivity index (χ0) is 58.5. The molecule has 0 atom stereocenters. The zero-order valence-electron chi connectivity index (χ0n) is 53.5. The van der Waals surface area contributed by atoms with Gasteiger partial charge < -0.3 is 24.6 Å². The Balaban J connectivity index is 5.34. The van der Waals surface area contributed by atoms with Crippen molar-refractivity contribution in [2.24, 2.45) is 0 Å². The molecule has 0 rings (SSSR count). The fraction of sp³-hybridized carbons (Fsp3) is 0.803. The summed E-state index contributed by atoms with van der Waals surface area (Å²) in [5, 5.41) is 3.26. The van der Waals surface area contributed by atoms with E-state index in [1.54, 1.807) is 11.8 Å². The first-order valence-electron chi connectivity index (χ1n) is 33.9. The number of ether oxygens (including phenoxy) is 2. The van der Waals surface area contributed by atoms with Crippen LogP contribution in [-0.2, 0) is 28.7 Å². The molecule has 1 N–H and O–H groups in total. The molecular formula is C71H129N3O6. The average molecular weight is 1120 g/mol. The molecule has 0 bridgehead atoms. The molecule has 0 saturated carbocycles. The van der Waals surface area contributed by atoms with Crippen LogP contribution in [0, 0.1) is 0 Å². The van der Waals surface area contributed by atoms with Crippen molar-refractivity contribution in [1.29, 1.82) is 0 Å². The van der Waals surface area contributed by atoms with Crippen molar-refractivity contribution in [3.63, 3.8) is 0 Å². The maximum absolute atomic E-state index is 14.7. The first-order chi connectivity index (χ1) is 39.1. The lowest BCUT2D eigenvalue weighted by molar-refractivity contribution is -0.149. The first-order valence-corrected chi connectivity index (χ1v) is 33.9. The maximum Gasteiger partial charge on any atom is 0.305 e. The van der Waals surface area contributed by atoms with Crippen molar-refractivity contribution in [3.05, 3.63) is 60.8 Å². The summed E-state index contributed by atoms with van der Waals surface area (Å²) in [5.41, 5.74) is -1.21. The van der Waals surface area contributed by atoms with E-state index >= 15 is 0 Å². The molecule has 9 nitrogen and oxygen atoms in total. The Kier molecular flexibility index (Phi) is 57.5. The van der Waals surface area contributed by atoms with Crippen LogP contribution >= 0.6 is 0 Å². The van der Waals surface area contributed by atoms with E-state index in [1.165, 1.54) is 154 Å². The van der Waals surface area contributed by atoms with Gasteiger partial charge in [-0.3, -0.25) is 19.2 Å². The number of hydrogen-bond acceptors (Lipinski definition) is 7. The van der Waals surface area contributed by atoms with Crippen LogP contribution in [-0.4, -0.2) is 86.0 Å². The van der Waals surface area contributed by atoms with Crippen LogP contribution in [0.5, 0.6) is 0 Å². The summed E-state index contributed by atoms with van der Waals surface area (Å²) in [7, 11) is 4.02.